The second-order valence-corrected chi connectivity index (χ2v) is 7.74. The highest BCUT2D eigenvalue weighted by Crippen LogP contribution is 2.28. The molecule has 1 saturated heterocycles. The summed E-state index contributed by atoms with van der Waals surface area (Å²) in [6, 6.07) is 17.3. The zero-order valence-corrected chi connectivity index (χ0v) is 18.7. The summed E-state index contributed by atoms with van der Waals surface area (Å²) >= 11 is 12.4. The Morgan fingerprint density at radius 1 is 1.06 bits per heavy atom. The lowest BCUT2D eigenvalue weighted by Crippen LogP contribution is -2.45. The number of para-hydroxylation sites is 1. The summed E-state index contributed by atoms with van der Waals surface area (Å²) in [5.74, 6) is -0.625. The third kappa shape index (κ3) is 5.81. The van der Waals surface area contributed by atoms with Crippen molar-refractivity contribution in [2.24, 2.45) is 0 Å². The van der Waals surface area contributed by atoms with E-state index in [1.54, 1.807) is 13.0 Å². The molecule has 31 heavy (non-hydrogen) atoms. The third-order valence-corrected chi connectivity index (χ3v) is 5.55. The van der Waals surface area contributed by atoms with Crippen molar-refractivity contribution in [2.45, 2.75) is 6.92 Å². The number of anilines is 1. The summed E-state index contributed by atoms with van der Waals surface area (Å²) < 4.78 is 4.96. The third-order valence-electron chi connectivity index (χ3n) is 4.98. The van der Waals surface area contributed by atoms with Crippen molar-refractivity contribution in [1.29, 1.82) is 5.26 Å². The maximum absolute atomic E-state index is 12.0. The van der Waals surface area contributed by atoms with E-state index in [1.165, 1.54) is 6.08 Å². The predicted octanol–water partition coefficient (Wildman–Crippen LogP) is 5.17. The molecule has 3 rings (SSSR count). The van der Waals surface area contributed by atoms with Crippen LogP contribution in [0.3, 0.4) is 0 Å². The van der Waals surface area contributed by atoms with E-state index < -0.39 is 5.97 Å². The summed E-state index contributed by atoms with van der Waals surface area (Å²) in [6.45, 7) is 5.03. The molecule has 0 radical (unpaired) electrons. The average molecular weight is 456 g/mol. The molecule has 5 nitrogen and oxygen atoms in total. The smallest absolute Gasteiger partial charge is 0.348 e. The number of nitriles is 1. The minimum Gasteiger partial charge on any atom is -0.462 e. The molecule has 2 aromatic carbocycles. The van der Waals surface area contributed by atoms with Crippen molar-refractivity contribution in [3.05, 3.63) is 81.9 Å². The SMILES string of the molecule is CCOC(=O)/C(C#N)=C/C=C(/c1ccc(Cl)cc1)N1CCN(c2ccccc2Cl)CC1. The monoisotopic (exact) mass is 455 g/mol. The van der Waals surface area contributed by atoms with Crippen molar-refractivity contribution in [3.63, 3.8) is 0 Å². The van der Waals surface area contributed by atoms with Crippen LogP contribution in [0.4, 0.5) is 5.69 Å². The largest absolute Gasteiger partial charge is 0.462 e. The van der Waals surface area contributed by atoms with E-state index in [2.05, 4.69) is 9.80 Å². The first-order valence-electron chi connectivity index (χ1n) is 10.0. The van der Waals surface area contributed by atoms with Crippen LogP contribution in [0, 0.1) is 11.3 Å². The summed E-state index contributed by atoms with van der Waals surface area (Å²) in [4.78, 5) is 16.5. The topological polar surface area (TPSA) is 56.6 Å². The van der Waals surface area contributed by atoms with E-state index >= 15 is 0 Å². The fourth-order valence-electron chi connectivity index (χ4n) is 3.42. The molecule has 0 aliphatic carbocycles. The Labute approximate surface area is 192 Å². The summed E-state index contributed by atoms with van der Waals surface area (Å²) in [7, 11) is 0. The zero-order valence-electron chi connectivity index (χ0n) is 17.2. The molecule has 1 aliphatic heterocycles. The van der Waals surface area contributed by atoms with Gasteiger partial charge in [-0.05, 0) is 48.9 Å². The van der Waals surface area contributed by atoms with Crippen LogP contribution < -0.4 is 4.90 Å². The van der Waals surface area contributed by atoms with Crippen molar-refractivity contribution in [1.82, 2.24) is 4.90 Å². The lowest BCUT2D eigenvalue weighted by atomic mass is 10.1. The Bertz CT molecular complexity index is 1020. The van der Waals surface area contributed by atoms with Crippen LogP contribution in [0.1, 0.15) is 12.5 Å². The van der Waals surface area contributed by atoms with Gasteiger partial charge in [-0.3, -0.25) is 0 Å². The van der Waals surface area contributed by atoms with Crippen LogP contribution in [0.2, 0.25) is 10.0 Å². The van der Waals surface area contributed by atoms with Crippen LogP contribution in [-0.4, -0.2) is 43.7 Å². The average Bonchev–Trinajstić information content (AvgIpc) is 2.78. The molecule has 0 N–H and O–H groups in total. The van der Waals surface area contributed by atoms with Crippen LogP contribution in [0.5, 0.6) is 0 Å². The number of ether oxygens (including phenoxy) is 1. The van der Waals surface area contributed by atoms with Gasteiger partial charge in [0.05, 0.1) is 17.3 Å². The van der Waals surface area contributed by atoms with E-state index in [4.69, 9.17) is 27.9 Å². The molecule has 0 atom stereocenters. The molecule has 2 aromatic rings. The van der Waals surface area contributed by atoms with Gasteiger partial charge in [-0.25, -0.2) is 4.79 Å². The number of hydrogen-bond donors (Lipinski definition) is 0. The fraction of sp³-hybridized carbons (Fsp3) is 0.250. The molecular weight excluding hydrogens is 433 g/mol. The number of esters is 1. The van der Waals surface area contributed by atoms with Crippen molar-refractivity contribution >= 4 is 40.6 Å². The van der Waals surface area contributed by atoms with Gasteiger partial charge in [0.2, 0.25) is 0 Å². The minimum absolute atomic E-state index is 0.0389. The van der Waals surface area contributed by atoms with E-state index in [1.807, 2.05) is 54.6 Å². The summed E-state index contributed by atoms with van der Waals surface area (Å²) in [5, 5.41) is 10.7. The van der Waals surface area contributed by atoms with Crippen LogP contribution >= 0.6 is 23.2 Å². The van der Waals surface area contributed by atoms with Gasteiger partial charge in [0, 0.05) is 36.9 Å². The Balaban J connectivity index is 1.86. The molecule has 1 fully saturated rings. The lowest BCUT2D eigenvalue weighted by molar-refractivity contribution is -0.138. The van der Waals surface area contributed by atoms with Gasteiger partial charge in [0.25, 0.3) is 0 Å². The van der Waals surface area contributed by atoms with E-state index in [-0.39, 0.29) is 12.2 Å². The highest BCUT2D eigenvalue weighted by Gasteiger charge is 2.21. The van der Waals surface area contributed by atoms with Gasteiger partial charge in [-0.15, -0.1) is 0 Å². The quantitative estimate of drug-likeness (QED) is 0.260. The number of piperazine rings is 1. The van der Waals surface area contributed by atoms with Gasteiger partial charge >= 0.3 is 5.97 Å². The maximum Gasteiger partial charge on any atom is 0.348 e. The first kappa shape index (κ1) is 22.7. The number of halogens is 2. The molecule has 160 valence electrons. The van der Waals surface area contributed by atoms with Crippen molar-refractivity contribution in [3.8, 4) is 6.07 Å². The fourth-order valence-corrected chi connectivity index (χ4v) is 3.80. The number of allylic oxidation sites excluding steroid dienone is 2. The van der Waals surface area contributed by atoms with Crippen molar-refractivity contribution < 1.29 is 9.53 Å². The molecule has 0 unspecified atom stereocenters. The van der Waals surface area contributed by atoms with Gasteiger partial charge in [-0.2, -0.15) is 5.26 Å². The molecule has 0 amide bonds. The van der Waals surface area contributed by atoms with E-state index in [0.29, 0.717) is 5.02 Å². The Morgan fingerprint density at radius 3 is 2.35 bits per heavy atom. The molecule has 0 saturated carbocycles. The number of benzene rings is 2. The second kappa shape index (κ2) is 10.9. The molecule has 7 heteroatoms. The summed E-state index contributed by atoms with van der Waals surface area (Å²) in [5.41, 5.74) is 2.85. The number of carbonyl (C=O) groups is 1. The highest BCUT2D eigenvalue weighted by atomic mass is 35.5. The Morgan fingerprint density at radius 2 is 1.74 bits per heavy atom. The van der Waals surface area contributed by atoms with Gasteiger partial charge in [-0.1, -0.05) is 47.5 Å². The van der Waals surface area contributed by atoms with Gasteiger partial charge in [0.1, 0.15) is 11.6 Å². The predicted molar refractivity (Wildman–Crippen MR) is 125 cm³/mol. The molecule has 1 heterocycles. The molecule has 0 spiro atoms. The molecule has 0 bridgehead atoms. The molecule has 1 aliphatic rings. The number of nitrogens with zero attached hydrogens (tertiary/aromatic N) is 3. The maximum atomic E-state index is 12.0. The zero-order chi connectivity index (χ0) is 22.2. The lowest BCUT2D eigenvalue weighted by Gasteiger charge is -2.39. The first-order valence-corrected chi connectivity index (χ1v) is 10.8. The first-order chi connectivity index (χ1) is 15.0. The number of rotatable bonds is 6. The van der Waals surface area contributed by atoms with Crippen LogP contribution in [-0.2, 0) is 9.53 Å². The number of hydrogen-bond acceptors (Lipinski definition) is 5. The minimum atomic E-state index is -0.625. The molecular formula is C24H23Cl2N3O2. The standard InChI is InChI=1S/C24H23Cl2N3O2/c1-2-31-24(30)19(17-27)9-12-22(18-7-10-20(25)11-8-18)28-13-15-29(16-14-28)23-6-4-3-5-21(23)26/h3-12H,2,13-16H2,1H3/b19-9+,22-12-. The van der Waals surface area contributed by atoms with Crippen molar-refractivity contribution in [2.75, 3.05) is 37.7 Å². The Hall–Kier alpha value is -2.94. The van der Waals surface area contributed by atoms with Gasteiger partial charge in [0.15, 0.2) is 0 Å². The molecule has 0 aromatic heterocycles. The Kier molecular flexibility index (Phi) is 8.00. The highest BCUT2D eigenvalue weighted by molar-refractivity contribution is 6.33. The summed E-state index contributed by atoms with van der Waals surface area (Å²) in [6.07, 6.45) is 3.31. The number of carbonyl (C=O) groups excluding carboxylic acids is 1. The second-order valence-electron chi connectivity index (χ2n) is 6.90. The van der Waals surface area contributed by atoms with Gasteiger partial charge < -0.3 is 14.5 Å². The van der Waals surface area contributed by atoms with E-state index in [9.17, 15) is 10.1 Å². The van der Waals surface area contributed by atoms with Crippen LogP contribution in [0.15, 0.2) is 66.3 Å². The normalized spacial score (nSPS) is 14.9. The van der Waals surface area contributed by atoms with E-state index in [0.717, 1.165) is 48.1 Å². The van der Waals surface area contributed by atoms with Crippen LogP contribution in [0.25, 0.3) is 5.70 Å².